The van der Waals surface area contributed by atoms with Crippen LogP contribution in [0.4, 0.5) is 5.13 Å². The van der Waals surface area contributed by atoms with E-state index in [9.17, 15) is 4.79 Å². The molecule has 0 unspecified atom stereocenters. The first-order valence-corrected chi connectivity index (χ1v) is 9.40. The normalized spacial score (nSPS) is 12.9. The number of fused-ring (bicyclic) bond motifs is 2. The van der Waals surface area contributed by atoms with Gasteiger partial charge < -0.3 is 9.47 Å². The van der Waals surface area contributed by atoms with Crippen molar-refractivity contribution in [1.82, 2.24) is 24.6 Å². The summed E-state index contributed by atoms with van der Waals surface area (Å²) in [6.07, 6.45) is 1.63. The summed E-state index contributed by atoms with van der Waals surface area (Å²) in [5, 5.41) is 9.26. The van der Waals surface area contributed by atoms with Crippen molar-refractivity contribution in [1.29, 1.82) is 0 Å². The lowest BCUT2D eigenvalue weighted by Gasteiger charge is -2.18. The topological polar surface area (TPSA) is 104 Å². The largest absolute Gasteiger partial charge is 0.486 e. The molecule has 10 heteroatoms. The molecule has 0 spiro atoms. The highest BCUT2D eigenvalue weighted by molar-refractivity contribution is 7.14. The van der Waals surface area contributed by atoms with Crippen LogP contribution in [0.3, 0.4) is 0 Å². The van der Waals surface area contributed by atoms with E-state index in [-0.39, 0.29) is 5.82 Å². The minimum atomic E-state index is -0.437. The predicted molar refractivity (Wildman–Crippen MR) is 102 cm³/mol. The number of rotatable bonds is 3. The van der Waals surface area contributed by atoms with Gasteiger partial charge in [-0.3, -0.25) is 10.1 Å². The van der Waals surface area contributed by atoms with Crippen LogP contribution in [0, 0.1) is 6.92 Å². The zero-order valence-corrected chi connectivity index (χ0v) is 15.6. The molecular weight excluding hydrogens is 380 g/mol. The molecule has 1 amide bonds. The fraction of sp³-hybridized carbons (Fsp3) is 0.167. The third-order valence-corrected chi connectivity index (χ3v) is 4.95. The summed E-state index contributed by atoms with van der Waals surface area (Å²) in [6.45, 7) is 2.94. The van der Waals surface area contributed by atoms with E-state index in [2.05, 4.69) is 25.4 Å². The van der Waals surface area contributed by atoms with Crippen LogP contribution >= 0.6 is 11.3 Å². The lowest BCUT2D eigenvalue weighted by molar-refractivity contribution is 0.101. The van der Waals surface area contributed by atoms with Crippen molar-refractivity contribution in [2.75, 3.05) is 18.5 Å². The average Bonchev–Trinajstić information content (AvgIpc) is 3.35. The Balaban J connectivity index is 1.37. The second-order valence-electron chi connectivity index (χ2n) is 6.08. The molecule has 1 N–H and O–H groups in total. The molecule has 0 saturated heterocycles. The molecule has 1 aliphatic heterocycles. The van der Waals surface area contributed by atoms with Gasteiger partial charge in [0, 0.05) is 22.8 Å². The summed E-state index contributed by atoms with van der Waals surface area (Å²) in [4.78, 5) is 25.2. The van der Waals surface area contributed by atoms with Crippen molar-refractivity contribution in [2.24, 2.45) is 0 Å². The van der Waals surface area contributed by atoms with Gasteiger partial charge in [0.1, 0.15) is 13.2 Å². The molecule has 28 heavy (non-hydrogen) atoms. The van der Waals surface area contributed by atoms with Gasteiger partial charge in [0.25, 0.3) is 11.7 Å². The Morgan fingerprint density at radius 1 is 1.18 bits per heavy atom. The molecule has 1 aliphatic rings. The Bertz CT molecular complexity index is 1200. The number of thiazole rings is 1. The number of ether oxygens (including phenoxy) is 2. The van der Waals surface area contributed by atoms with Gasteiger partial charge in [0.15, 0.2) is 16.6 Å². The van der Waals surface area contributed by atoms with Crippen LogP contribution in [-0.2, 0) is 0 Å². The number of aryl methyl sites for hydroxylation is 1. The number of benzene rings is 1. The minimum Gasteiger partial charge on any atom is -0.486 e. The zero-order chi connectivity index (χ0) is 19.1. The van der Waals surface area contributed by atoms with Gasteiger partial charge in [-0.1, -0.05) is 0 Å². The van der Waals surface area contributed by atoms with Gasteiger partial charge in [0.05, 0.1) is 5.69 Å². The van der Waals surface area contributed by atoms with E-state index in [0.29, 0.717) is 29.9 Å². The van der Waals surface area contributed by atoms with E-state index < -0.39 is 5.91 Å². The maximum Gasteiger partial charge on any atom is 0.297 e. The molecule has 0 aliphatic carbocycles. The van der Waals surface area contributed by atoms with Crippen LogP contribution in [0.15, 0.2) is 35.8 Å². The summed E-state index contributed by atoms with van der Waals surface area (Å²) < 4.78 is 12.7. The molecule has 0 saturated carbocycles. The average molecular weight is 394 g/mol. The van der Waals surface area contributed by atoms with Gasteiger partial charge in [-0.05, 0) is 31.2 Å². The molecule has 0 bridgehead atoms. The number of anilines is 1. The Kier molecular flexibility index (Phi) is 3.90. The standard InChI is InChI=1S/C18H14N6O3S/c1-10-4-5-19-17-21-15(23-24(10)17)16(25)22-18-20-12(9-28-18)11-2-3-13-14(8-11)27-7-6-26-13/h2-5,8-9H,6-7H2,1H3,(H,20,22,25). The number of amides is 1. The van der Waals surface area contributed by atoms with Gasteiger partial charge in [-0.25, -0.2) is 14.5 Å². The van der Waals surface area contributed by atoms with E-state index >= 15 is 0 Å². The summed E-state index contributed by atoms with van der Waals surface area (Å²) in [5.41, 5.74) is 2.45. The van der Waals surface area contributed by atoms with Crippen LogP contribution in [0.2, 0.25) is 0 Å². The van der Waals surface area contributed by atoms with Crippen molar-refractivity contribution in [3.63, 3.8) is 0 Å². The van der Waals surface area contributed by atoms with E-state index in [4.69, 9.17) is 9.47 Å². The lowest BCUT2D eigenvalue weighted by atomic mass is 10.1. The Hall–Kier alpha value is -3.53. The van der Waals surface area contributed by atoms with Crippen LogP contribution in [-0.4, -0.2) is 43.7 Å². The number of aromatic nitrogens is 5. The smallest absolute Gasteiger partial charge is 0.297 e. The second-order valence-corrected chi connectivity index (χ2v) is 6.94. The third kappa shape index (κ3) is 2.93. The first-order valence-electron chi connectivity index (χ1n) is 8.53. The second kappa shape index (κ2) is 6.57. The van der Waals surface area contributed by atoms with Gasteiger partial charge in [-0.2, -0.15) is 4.98 Å². The monoisotopic (exact) mass is 394 g/mol. The summed E-state index contributed by atoms with van der Waals surface area (Å²) in [7, 11) is 0. The van der Waals surface area contributed by atoms with E-state index in [1.807, 2.05) is 30.5 Å². The molecule has 5 rings (SSSR count). The predicted octanol–water partition coefficient (Wildman–Crippen LogP) is 2.58. The lowest BCUT2D eigenvalue weighted by Crippen LogP contribution is -2.15. The zero-order valence-electron chi connectivity index (χ0n) is 14.7. The summed E-state index contributed by atoms with van der Waals surface area (Å²) >= 11 is 1.32. The molecule has 1 aromatic carbocycles. The van der Waals surface area contributed by atoms with Crippen LogP contribution in [0.5, 0.6) is 11.5 Å². The molecule has 0 atom stereocenters. The molecule has 4 aromatic rings. The maximum atomic E-state index is 12.5. The van der Waals surface area contributed by atoms with E-state index in [0.717, 1.165) is 22.7 Å². The minimum absolute atomic E-state index is 0.0397. The summed E-state index contributed by atoms with van der Waals surface area (Å²) in [6, 6.07) is 7.45. The highest BCUT2D eigenvalue weighted by atomic mass is 32.1. The van der Waals surface area contributed by atoms with Crippen LogP contribution in [0.25, 0.3) is 17.0 Å². The Morgan fingerprint density at radius 2 is 2.04 bits per heavy atom. The third-order valence-electron chi connectivity index (χ3n) is 4.20. The Morgan fingerprint density at radius 3 is 2.89 bits per heavy atom. The molecule has 9 nitrogen and oxygen atoms in total. The number of nitrogens with zero attached hydrogens (tertiary/aromatic N) is 5. The maximum absolute atomic E-state index is 12.5. The molecule has 4 heterocycles. The molecule has 140 valence electrons. The molecular formula is C18H14N6O3S. The number of hydrogen-bond donors (Lipinski definition) is 1. The molecule has 0 fully saturated rings. The van der Waals surface area contributed by atoms with Crippen molar-refractivity contribution >= 4 is 28.2 Å². The number of nitrogens with one attached hydrogen (secondary N) is 1. The highest BCUT2D eigenvalue weighted by Gasteiger charge is 2.17. The fourth-order valence-corrected chi connectivity index (χ4v) is 3.54. The summed E-state index contributed by atoms with van der Waals surface area (Å²) in [5.74, 6) is 1.40. The van der Waals surface area contributed by atoms with Gasteiger partial charge >= 0.3 is 0 Å². The van der Waals surface area contributed by atoms with Crippen molar-refractivity contribution in [3.05, 3.63) is 47.4 Å². The first kappa shape index (κ1) is 16.6. The number of carbonyl (C=O) groups is 1. The molecule has 3 aromatic heterocycles. The van der Waals surface area contributed by atoms with E-state index in [1.54, 1.807) is 12.3 Å². The van der Waals surface area contributed by atoms with Crippen LogP contribution < -0.4 is 14.8 Å². The quantitative estimate of drug-likeness (QED) is 0.569. The van der Waals surface area contributed by atoms with Gasteiger partial charge in [-0.15, -0.1) is 16.4 Å². The first-order chi connectivity index (χ1) is 13.7. The van der Waals surface area contributed by atoms with E-state index in [1.165, 1.54) is 15.9 Å². The number of carbonyl (C=O) groups excluding carboxylic acids is 1. The van der Waals surface area contributed by atoms with Crippen molar-refractivity contribution in [2.45, 2.75) is 6.92 Å². The highest BCUT2D eigenvalue weighted by Crippen LogP contribution is 2.35. The SMILES string of the molecule is Cc1ccnc2nc(C(=O)Nc3nc(-c4ccc5c(c4)OCCO5)cs3)nn12. The number of hydrogen-bond acceptors (Lipinski definition) is 8. The van der Waals surface area contributed by atoms with Gasteiger partial charge in [0.2, 0.25) is 5.82 Å². The Labute approximate surface area is 163 Å². The van der Waals surface area contributed by atoms with Crippen molar-refractivity contribution < 1.29 is 14.3 Å². The molecule has 0 radical (unpaired) electrons. The van der Waals surface area contributed by atoms with Crippen LogP contribution in [0.1, 0.15) is 16.3 Å². The fourth-order valence-electron chi connectivity index (χ4n) is 2.82. The van der Waals surface area contributed by atoms with Crippen molar-refractivity contribution in [3.8, 4) is 22.8 Å².